The molecule has 0 saturated heterocycles. The Balaban J connectivity index is 2.37. The Morgan fingerprint density at radius 2 is 1.96 bits per heavy atom. The average Bonchev–Trinajstić information content (AvgIpc) is 2.81. The smallest absolute Gasteiger partial charge is 0.416 e. The summed E-state index contributed by atoms with van der Waals surface area (Å²) in [5.41, 5.74) is 0.542. The van der Waals surface area contributed by atoms with Crippen LogP contribution in [0, 0.1) is 6.92 Å². The number of aromatic nitrogens is 2. The van der Waals surface area contributed by atoms with Gasteiger partial charge in [-0.15, -0.1) is 0 Å². The van der Waals surface area contributed by atoms with Crippen LogP contribution >= 0.6 is 0 Å². The molecule has 8 heteroatoms. The Morgan fingerprint density at radius 1 is 1.25 bits per heavy atom. The molecule has 0 radical (unpaired) electrons. The summed E-state index contributed by atoms with van der Waals surface area (Å²) in [6.07, 6.45) is -4.58. The van der Waals surface area contributed by atoms with Crippen molar-refractivity contribution < 1.29 is 23.1 Å². The molecule has 0 amide bonds. The Morgan fingerprint density at radius 3 is 2.58 bits per heavy atom. The fourth-order valence-electron chi connectivity index (χ4n) is 2.84. The van der Waals surface area contributed by atoms with Crippen LogP contribution in [0.3, 0.4) is 0 Å². The van der Waals surface area contributed by atoms with Crippen molar-refractivity contribution in [2.75, 3.05) is 0 Å². The SMILES string of the molecule is Cc1cc2c(=O)[nH]c3ccc(C(F)(F)F)cc3n2c1CCC(=O)O. The first-order valence-corrected chi connectivity index (χ1v) is 7.14. The number of alkyl halides is 3. The number of carbonyl (C=O) groups is 1. The molecule has 2 N–H and O–H groups in total. The Bertz CT molecular complexity index is 1020. The number of fused-ring (bicyclic) bond motifs is 3. The second kappa shape index (κ2) is 5.40. The van der Waals surface area contributed by atoms with Crippen molar-refractivity contribution in [2.45, 2.75) is 25.9 Å². The lowest BCUT2D eigenvalue weighted by Crippen LogP contribution is -2.13. The summed E-state index contributed by atoms with van der Waals surface area (Å²) in [6.45, 7) is 1.70. The van der Waals surface area contributed by atoms with Crippen molar-refractivity contribution in [3.05, 3.63) is 51.4 Å². The molecule has 3 rings (SSSR count). The zero-order chi connectivity index (χ0) is 17.6. The average molecular weight is 338 g/mol. The highest BCUT2D eigenvalue weighted by Gasteiger charge is 2.31. The van der Waals surface area contributed by atoms with Crippen molar-refractivity contribution >= 4 is 22.5 Å². The largest absolute Gasteiger partial charge is 0.481 e. The zero-order valence-electron chi connectivity index (χ0n) is 12.6. The first-order chi connectivity index (χ1) is 11.2. The molecule has 2 heterocycles. The lowest BCUT2D eigenvalue weighted by molar-refractivity contribution is -0.138. The van der Waals surface area contributed by atoms with Crippen LogP contribution in [-0.4, -0.2) is 20.5 Å². The predicted octanol–water partition coefficient (Wildman–Crippen LogP) is 3.13. The summed E-state index contributed by atoms with van der Waals surface area (Å²) in [7, 11) is 0. The summed E-state index contributed by atoms with van der Waals surface area (Å²) in [5, 5.41) is 8.87. The highest BCUT2D eigenvalue weighted by molar-refractivity contribution is 5.80. The zero-order valence-corrected chi connectivity index (χ0v) is 12.6. The van der Waals surface area contributed by atoms with Crippen molar-refractivity contribution in [3.63, 3.8) is 0 Å². The Labute approximate surface area is 133 Å². The number of aliphatic carboxylic acids is 1. The van der Waals surface area contributed by atoms with Crippen LogP contribution < -0.4 is 5.56 Å². The van der Waals surface area contributed by atoms with Crippen LogP contribution in [0.15, 0.2) is 29.1 Å². The third-order valence-electron chi connectivity index (χ3n) is 3.94. The highest BCUT2D eigenvalue weighted by Crippen LogP contribution is 2.31. The van der Waals surface area contributed by atoms with Gasteiger partial charge in [0.2, 0.25) is 0 Å². The maximum absolute atomic E-state index is 13.0. The normalized spacial score (nSPS) is 12.2. The van der Waals surface area contributed by atoms with Gasteiger partial charge in [-0.05, 0) is 43.2 Å². The molecule has 0 unspecified atom stereocenters. The molecule has 0 atom stereocenters. The van der Waals surface area contributed by atoms with Gasteiger partial charge >= 0.3 is 12.1 Å². The minimum atomic E-state index is -4.51. The molecule has 0 aliphatic rings. The molecule has 2 aromatic heterocycles. The monoisotopic (exact) mass is 338 g/mol. The van der Waals surface area contributed by atoms with E-state index in [0.717, 1.165) is 12.1 Å². The topological polar surface area (TPSA) is 74.6 Å². The van der Waals surface area contributed by atoms with E-state index in [4.69, 9.17) is 5.11 Å². The van der Waals surface area contributed by atoms with Gasteiger partial charge in [0.05, 0.1) is 23.0 Å². The summed E-state index contributed by atoms with van der Waals surface area (Å²) in [4.78, 5) is 25.6. The molecule has 0 saturated carbocycles. The van der Waals surface area contributed by atoms with Crippen molar-refractivity contribution in [3.8, 4) is 0 Å². The van der Waals surface area contributed by atoms with E-state index < -0.39 is 23.3 Å². The predicted molar refractivity (Wildman–Crippen MR) is 81.2 cm³/mol. The maximum atomic E-state index is 13.0. The number of hydrogen-bond donors (Lipinski definition) is 2. The molecular weight excluding hydrogens is 325 g/mol. The van der Waals surface area contributed by atoms with E-state index in [1.807, 2.05) is 0 Å². The lowest BCUT2D eigenvalue weighted by atomic mass is 10.1. The van der Waals surface area contributed by atoms with E-state index in [1.165, 1.54) is 10.5 Å². The summed E-state index contributed by atoms with van der Waals surface area (Å²) < 4.78 is 40.4. The van der Waals surface area contributed by atoms with Crippen LogP contribution in [0.1, 0.15) is 23.2 Å². The maximum Gasteiger partial charge on any atom is 0.416 e. The van der Waals surface area contributed by atoms with Crippen LogP contribution in [0.4, 0.5) is 13.2 Å². The molecular formula is C16H13F3N2O3. The number of hydrogen-bond acceptors (Lipinski definition) is 2. The van der Waals surface area contributed by atoms with Crippen molar-refractivity contribution in [2.24, 2.45) is 0 Å². The quantitative estimate of drug-likeness (QED) is 0.770. The van der Waals surface area contributed by atoms with Gasteiger partial charge in [-0.25, -0.2) is 0 Å². The Kier molecular flexibility index (Phi) is 3.62. The minimum absolute atomic E-state index is 0.115. The highest BCUT2D eigenvalue weighted by atomic mass is 19.4. The standard InChI is InChI=1S/C16H13F3N2O3/c1-8-6-13-15(24)20-10-3-2-9(16(17,18)19)7-12(10)21(13)11(8)4-5-14(22)23/h2-3,6-7H,4-5H2,1H3,(H,20,24)(H,22,23). The molecule has 126 valence electrons. The van der Waals surface area contributed by atoms with E-state index in [0.29, 0.717) is 11.3 Å². The van der Waals surface area contributed by atoms with E-state index in [9.17, 15) is 22.8 Å². The van der Waals surface area contributed by atoms with E-state index in [2.05, 4.69) is 4.98 Å². The Hall–Kier alpha value is -2.77. The fourth-order valence-corrected chi connectivity index (χ4v) is 2.84. The number of nitrogens with one attached hydrogen (secondary N) is 1. The summed E-state index contributed by atoms with van der Waals surface area (Å²) in [5.74, 6) is -1.02. The molecule has 0 fully saturated rings. The third kappa shape index (κ3) is 2.64. The van der Waals surface area contributed by atoms with Gasteiger partial charge in [0.15, 0.2) is 0 Å². The number of benzene rings is 1. The van der Waals surface area contributed by atoms with Gasteiger partial charge in [-0.3, -0.25) is 9.59 Å². The van der Waals surface area contributed by atoms with E-state index in [1.54, 1.807) is 13.0 Å². The molecule has 24 heavy (non-hydrogen) atoms. The number of aryl methyl sites for hydroxylation is 2. The van der Waals surface area contributed by atoms with E-state index >= 15 is 0 Å². The van der Waals surface area contributed by atoms with Crippen LogP contribution in [0.2, 0.25) is 0 Å². The van der Waals surface area contributed by atoms with Gasteiger partial charge in [-0.2, -0.15) is 13.2 Å². The molecule has 1 aromatic carbocycles. The van der Waals surface area contributed by atoms with Crippen LogP contribution in [0.5, 0.6) is 0 Å². The summed E-state index contributed by atoms with van der Waals surface area (Å²) in [6, 6.07) is 4.62. The van der Waals surface area contributed by atoms with Gasteiger partial charge in [0.1, 0.15) is 5.52 Å². The number of aromatic amines is 1. The number of nitrogens with zero attached hydrogens (tertiary/aromatic N) is 1. The van der Waals surface area contributed by atoms with Gasteiger partial charge < -0.3 is 14.5 Å². The molecule has 0 bridgehead atoms. The number of H-pyrrole nitrogens is 1. The number of carboxylic acid groups (broad SMARTS) is 1. The van der Waals surface area contributed by atoms with Crippen LogP contribution in [-0.2, 0) is 17.4 Å². The van der Waals surface area contributed by atoms with Crippen molar-refractivity contribution in [1.82, 2.24) is 9.38 Å². The molecule has 0 aliphatic carbocycles. The second-order valence-corrected chi connectivity index (χ2v) is 5.57. The number of halogens is 3. The summed E-state index contributed by atoms with van der Waals surface area (Å²) >= 11 is 0. The van der Waals surface area contributed by atoms with Gasteiger partial charge in [0, 0.05) is 5.69 Å². The lowest BCUT2D eigenvalue weighted by Gasteiger charge is -2.11. The minimum Gasteiger partial charge on any atom is -0.481 e. The van der Waals surface area contributed by atoms with Gasteiger partial charge in [-0.1, -0.05) is 0 Å². The molecule has 0 spiro atoms. The van der Waals surface area contributed by atoms with Crippen LogP contribution in [0.25, 0.3) is 16.6 Å². The number of carboxylic acids is 1. The van der Waals surface area contributed by atoms with Gasteiger partial charge in [0.25, 0.3) is 5.56 Å². The van der Waals surface area contributed by atoms with Crippen molar-refractivity contribution in [1.29, 1.82) is 0 Å². The first kappa shape index (κ1) is 16.1. The molecule has 3 aromatic rings. The second-order valence-electron chi connectivity index (χ2n) is 5.57. The first-order valence-electron chi connectivity index (χ1n) is 7.14. The third-order valence-corrected chi connectivity index (χ3v) is 3.94. The molecule has 0 aliphatic heterocycles. The fraction of sp³-hybridized carbons (Fsp3) is 0.250. The van der Waals surface area contributed by atoms with E-state index in [-0.39, 0.29) is 29.4 Å². The number of rotatable bonds is 3. The molecule has 5 nitrogen and oxygen atoms in total.